The zero-order valence-corrected chi connectivity index (χ0v) is 18.0. The van der Waals surface area contributed by atoms with E-state index in [4.69, 9.17) is 11.6 Å². The van der Waals surface area contributed by atoms with Crippen molar-refractivity contribution in [1.29, 1.82) is 0 Å². The van der Waals surface area contributed by atoms with E-state index < -0.39 is 9.84 Å². The number of thiophene rings is 1. The zero-order valence-electron chi connectivity index (χ0n) is 14.8. The summed E-state index contributed by atoms with van der Waals surface area (Å²) in [6.07, 6.45) is 2.83. The molecule has 6 nitrogen and oxygen atoms in total. The van der Waals surface area contributed by atoms with Crippen molar-refractivity contribution >= 4 is 50.4 Å². The van der Waals surface area contributed by atoms with E-state index >= 15 is 0 Å². The number of hydrogen-bond donors (Lipinski definition) is 0. The van der Waals surface area contributed by atoms with Crippen LogP contribution in [0.5, 0.6) is 0 Å². The number of nitrogens with zero attached hydrogens (tertiary/aromatic N) is 3. The van der Waals surface area contributed by atoms with Crippen molar-refractivity contribution in [3.63, 3.8) is 0 Å². The first kappa shape index (κ1) is 20.6. The molecule has 0 aliphatic carbocycles. The highest BCUT2D eigenvalue weighted by Gasteiger charge is 2.36. The van der Waals surface area contributed by atoms with Gasteiger partial charge in [0.1, 0.15) is 0 Å². The van der Waals surface area contributed by atoms with E-state index in [0.717, 1.165) is 17.1 Å². The molecular weight excluding hydrogens is 426 g/mol. The number of carbonyl (C=O) groups is 1. The van der Waals surface area contributed by atoms with Crippen LogP contribution < -0.4 is 0 Å². The summed E-state index contributed by atoms with van der Waals surface area (Å²) in [6, 6.07) is 3.46. The maximum atomic E-state index is 13.3. The summed E-state index contributed by atoms with van der Waals surface area (Å²) in [5.41, 5.74) is 0.131. The molecule has 1 aliphatic rings. The second-order valence-electron chi connectivity index (χ2n) is 6.27. The second-order valence-corrected chi connectivity index (χ2v) is 11.0. The van der Waals surface area contributed by atoms with Crippen molar-refractivity contribution in [3.8, 4) is 0 Å². The van der Waals surface area contributed by atoms with Gasteiger partial charge in [0, 0.05) is 16.7 Å². The Morgan fingerprint density at radius 3 is 2.93 bits per heavy atom. The molecule has 2 aromatic rings. The van der Waals surface area contributed by atoms with Gasteiger partial charge in [-0.2, -0.15) is 0 Å². The third kappa shape index (κ3) is 5.22. The first-order valence-corrected chi connectivity index (χ1v) is 12.6. The number of amides is 1. The minimum atomic E-state index is -3.13. The molecule has 1 aliphatic heterocycles. The highest BCUT2D eigenvalue weighted by molar-refractivity contribution is 7.99. The van der Waals surface area contributed by atoms with Gasteiger partial charge in [-0.05, 0) is 24.3 Å². The average molecular weight is 446 g/mol. The summed E-state index contributed by atoms with van der Waals surface area (Å²) >= 11 is 9.21. The van der Waals surface area contributed by atoms with Gasteiger partial charge in [-0.15, -0.1) is 11.3 Å². The van der Waals surface area contributed by atoms with Crippen LogP contribution in [0.3, 0.4) is 0 Å². The van der Waals surface area contributed by atoms with E-state index in [1.54, 1.807) is 4.90 Å². The molecule has 146 valence electrons. The Bertz CT molecular complexity index is 903. The Balaban J connectivity index is 1.90. The quantitative estimate of drug-likeness (QED) is 0.479. The van der Waals surface area contributed by atoms with Crippen LogP contribution in [0.15, 0.2) is 28.9 Å². The topological polar surface area (TPSA) is 80.2 Å². The van der Waals surface area contributed by atoms with Crippen LogP contribution in [0.4, 0.5) is 0 Å². The van der Waals surface area contributed by atoms with Crippen molar-refractivity contribution in [1.82, 2.24) is 14.9 Å². The number of sulfone groups is 1. The Morgan fingerprint density at radius 1 is 1.48 bits per heavy atom. The van der Waals surface area contributed by atoms with Gasteiger partial charge >= 0.3 is 0 Å². The normalized spacial score (nSPS) is 18.5. The molecule has 0 unspecified atom stereocenters. The van der Waals surface area contributed by atoms with E-state index in [1.165, 1.54) is 29.3 Å². The van der Waals surface area contributed by atoms with Crippen LogP contribution in [0.25, 0.3) is 0 Å². The van der Waals surface area contributed by atoms with E-state index in [2.05, 4.69) is 16.9 Å². The molecule has 3 heterocycles. The number of halogens is 1. The molecule has 0 spiro atoms. The van der Waals surface area contributed by atoms with Crippen LogP contribution in [-0.2, 0) is 16.4 Å². The van der Waals surface area contributed by atoms with Crippen molar-refractivity contribution in [2.75, 3.05) is 17.3 Å². The third-order valence-corrected chi connectivity index (χ3v) is 8.13. The number of carbonyl (C=O) groups excluding carboxylic acids is 1. The van der Waals surface area contributed by atoms with Gasteiger partial charge in [0.15, 0.2) is 20.7 Å². The van der Waals surface area contributed by atoms with Crippen molar-refractivity contribution < 1.29 is 13.2 Å². The molecule has 0 radical (unpaired) electrons. The average Bonchev–Trinajstić information content (AvgIpc) is 3.27. The summed E-state index contributed by atoms with van der Waals surface area (Å²) in [5.74, 6) is 0.566. The monoisotopic (exact) mass is 445 g/mol. The molecular formula is C17H20ClN3O3S3. The molecule has 2 aromatic heterocycles. The molecule has 1 fully saturated rings. The minimum absolute atomic E-state index is 0.0236. The minimum Gasteiger partial charge on any atom is -0.328 e. The lowest BCUT2D eigenvalue weighted by Gasteiger charge is -2.28. The Kier molecular flexibility index (Phi) is 6.78. The fourth-order valence-corrected chi connectivity index (χ4v) is 6.13. The first-order chi connectivity index (χ1) is 12.9. The van der Waals surface area contributed by atoms with Gasteiger partial charge in [0.2, 0.25) is 0 Å². The standard InChI is InChI=1S/C17H20ClN3O3S3/c1-2-6-26-17-19-9-14(18)15(20-17)16(22)21(10-13-4-3-7-25-13)12-5-8-27(23,24)11-12/h3-4,7,9,12H,2,5-6,8,10-11H2,1H3/t12-/m1/s1. The van der Waals surface area contributed by atoms with E-state index in [1.807, 2.05) is 17.5 Å². The van der Waals surface area contributed by atoms with Gasteiger partial charge in [0.25, 0.3) is 5.91 Å². The summed E-state index contributed by atoms with van der Waals surface area (Å²) < 4.78 is 23.9. The van der Waals surface area contributed by atoms with Gasteiger partial charge in [-0.25, -0.2) is 18.4 Å². The molecule has 3 rings (SSSR count). The first-order valence-electron chi connectivity index (χ1n) is 8.58. The molecule has 0 bridgehead atoms. The van der Waals surface area contributed by atoms with Crippen LogP contribution in [0, 0.1) is 0 Å². The van der Waals surface area contributed by atoms with Crippen LogP contribution in [0.2, 0.25) is 5.02 Å². The Hall–Kier alpha value is -1.16. The molecule has 0 N–H and O–H groups in total. The molecule has 1 atom stereocenters. The highest BCUT2D eigenvalue weighted by Crippen LogP contribution is 2.26. The molecule has 1 amide bonds. The second kappa shape index (κ2) is 8.89. The molecule has 1 saturated heterocycles. The SMILES string of the molecule is CCCSc1ncc(Cl)c(C(=O)N(Cc2cccs2)[C@@H]2CCS(=O)(=O)C2)n1. The van der Waals surface area contributed by atoms with Crippen molar-refractivity contribution in [3.05, 3.63) is 39.3 Å². The van der Waals surface area contributed by atoms with Crippen molar-refractivity contribution in [2.45, 2.75) is 37.5 Å². The lowest BCUT2D eigenvalue weighted by molar-refractivity contribution is 0.0676. The molecule has 0 aromatic carbocycles. The number of rotatable bonds is 7. The maximum absolute atomic E-state index is 13.3. The zero-order chi connectivity index (χ0) is 19.4. The number of thioether (sulfide) groups is 1. The lowest BCUT2D eigenvalue weighted by Crippen LogP contribution is -2.41. The maximum Gasteiger partial charge on any atom is 0.274 e. The van der Waals surface area contributed by atoms with E-state index in [9.17, 15) is 13.2 Å². The summed E-state index contributed by atoms with van der Waals surface area (Å²) in [5, 5.41) is 2.61. The largest absolute Gasteiger partial charge is 0.328 e. The predicted molar refractivity (Wildman–Crippen MR) is 109 cm³/mol. The number of aromatic nitrogens is 2. The van der Waals surface area contributed by atoms with Gasteiger partial charge in [-0.1, -0.05) is 36.4 Å². The van der Waals surface area contributed by atoms with E-state index in [-0.39, 0.29) is 34.2 Å². The Labute approximate surface area is 172 Å². The third-order valence-electron chi connectivity index (χ3n) is 4.18. The lowest BCUT2D eigenvalue weighted by atomic mass is 10.2. The van der Waals surface area contributed by atoms with Crippen LogP contribution >= 0.6 is 34.7 Å². The summed E-state index contributed by atoms with van der Waals surface area (Å²) in [4.78, 5) is 24.4. The van der Waals surface area contributed by atoms with Crippen molar-refractivity contribution in [2.24, 2.45) is 0 Å². The predicted octanol–water partition coefficient (Wildman–Crippen LogP) is 3.52. The van der Waals surface area contributed by atoms with Crippen LogP contribution in [0.1, 0.15) is 35.1 Å². The van der Waals surface area contributed by atoms with Gasteiger partial charge in [0.05, 0.1) is 29.3 Å². The fraction of sp³-hybridized carbons (Fsp3) is 0.471. The van der Waals surface area contributed by atoms with Crippen LogP contribution in [-0.4, -0.2) is 52.5 Å². The van der Waals surface area contributed by atoms with Gasteiger partial charge < -0.3 is 4.90 Å². The van der Waals surface area contributed by atoms with Gasteiger partial charge in [-0.3, -0.25) is 4.79 Å². The molecule has 10 heteroatoms. The summed E-state index contributed by atoms with van der Waals surface area (Å²) in [7, 11) is -3.13. The number of hydrogen-bond acceptors (Lipinski definition) is 7. The Morgan fingerprint density at radius 2 is 2.30 bits per heavy atom. The molecule has 27 heavy (non-hydrogen) atoms. The molecule has 0 saturated carbocycles. The highest BCUT2D eigenvalue weighted by atomic mass is 35.5. The summed E-state index contributed by atoms with van der Waals surface area (Å²) in [6.45, 7) is 2.40. The smallest absolute Gasteiger partial charge is 0.274 e. The van der Waals surface area contributed by atoms with E-state index in [0.29, 0.717) is 18.1 Å². The fourth-order valence-electron chi connectivity index (χ4n) is 2.86.